The Labute approximate surface area is 112 Å². The molecule has 0 fully saturated rings. The van der Waals surface area contributed by atoms with Gasteiger partial charge in [0, 0.05) is 36.1 Å². The Kier molecular flexibility index (Phi) is 4.02. The van der Waals surface area contributed by atoms with E-state index in [0.29, 0.717) is 0 Å². The number of hydrogen-bond donors (Lipinski definition) is 3. The largest absolute Gasteiger partial charge is 0.508 e. The first kappa shape index (κ1) is 13.4. The van der Waals surface area contributed by atoms with E-state index in [1.807, 2.05) is 19.1 Å². The highest BCUT2D eigenvalue weighted by molar-refractivity contribution is 5.40. The second-order valence-electron chi connectivity index (χ2n) is 4.63. The van der Waals surface area contributed by atoms with Crippen molar-refractivity contribution < 1.29 is 10.2 Å². The molecule has 0 aliphatic heterocycles. The van der Waals surface area contributed by atoms with Crippen LogP contribution in [0.5, 0.6) is 11.5 Å². The van der Waals surface area contributed by atoms with Gasteiger partial charge in [-0.3, -0.25) is 4.98 Å². The Morgan fingerprint density at radius 3 is 2.32 bits per heavy atom. The Morgan fingerprint density at radius 2 is 1.68 bits per heavy atom. The third-order valence-corrected chi connectivity index (χ3v) is 3.19. The maximum Gasteiger partial charge on any atom is 0.124 e. The van der Waals surface area contributed by atoms with Gasteiger partial charge < -0.3 is 15.5 Å². The molecule has 0 saturated heterocycles. The first-order valence-corrected chi connectivity index (χ1v) is 6.26. The molecule has 4 nitrogen and oxygen atoms in total. The predicted molar refractivity (Wildman–Crippen MR) is 74.0 cm³/mol. The maximum absolute atomic E-state index is 9.84. The van der Waals surface area contributed by atoms with Crippen LogP contribution in [0.2, 0.25) is 0 Å². The monoisotopic (exact) mass is 258 g/mol. The molecule has 2 atom stereocenters. The molecule has 0 aliphatic rings. The van der Waals surface area contributed by atoms with E-state index in [1.54, 1.807) is 24.5 Å². The van der Waals surface area contributed by atoms with Crippen LogP contribution in [0.1, 0.15) is 37.1 Å². The van der Waals surface area contributed by atoms with Crippen LogP contribution in [0.3, 0.4) is 0 Å². The van der Waals surface area contributed by atoms with Gasteiger partial charge in [0.15, 0.2) is 0 Å². The van der Waals surface area contributed by atoms with Gasteiger partial charge in [0.25, 0.3) is 0 Å². The van der Waals surface area contributed by atoms with Gasteiger partial charge in [-0.25, -0.2) is 0 Å². The second kappa shape index (κ2) is 5.71. The minimum Gasteiger partial charge on any atom is -0.508 e. The molecule has 0 aliphatic carbocycles. The highest BCUT2D eigenvalue weighted by Gasteiger charge is 2.14. The zero-order valence-corrected chi connectivity index (χ0v) is 11.0. The molecule has 3 N–H and O–H groups in total. The Balaban J connectivity index is 2.10. The summed E-state index contributed by atoms with van der Waals surface area (Å²) >= 11 is 0. The molecule has 0 saturated carbocycles. The molecule has 0 amide bonds. The van der Waals surface area contributed by atoms with Crippen LogP contribution in [0, 0.1) is 0 Å². The lowest BCUT2D eigenvalue weighted by Gasteiger charge is -2.21. The van der Waals surface area contributed by atoms with Crippen molar-refractivity contribution in [1.82, 2.24) is 10.3 Å². The second-order valence-corrected chi connectivity index (χ2v) is 4.63. The van der Waals surface area contributed by atoms with E-state index in [2.05, 4.69) is 17.2 Å². The topological polar surface area (TPSA) is 65.4 Å². The summed E-state index contributed by atoms with van der Waals surface area (Å²) < 4.78 is 0. The van der Waals surface area contributed by atoms with E-state index in [0.717, 1.165) is 11.1 Å². The minimum atomic E-state index is -0.0243. The highest BCUT2D eigenvalue weighted by atomic mass is 16.3. The van der Waals surface area contributed by atoms with E-state index in [4.69, 9.17) is 0 Å². The Bertz CT molecular complexity index is 543. The van der Waals surface area contributed by atoms with Crippen molar-refractivity contribution in [2.75, 3.05) is 0 Å². The molecule has 2 rings (SSSR count). The van der Waals surface area contributed by atoms with Crippen LogP contribution < -0.4 is 5.32 Å². The number of aromatic hydroxyl groups is 2. The lowest BCUT2D eigenvalue weighted by Crippen LogP contribution is -2.22. The highest BCUT2D eigenvalue weighted by Crippen LogP contribution is 2.29. The number of pyridine rings is 1. The van der Waals surface area contributed by atoms with Crippen LogP contribution >= 0.6 is 0 Å². The molecule has 0 radical (unpaired) electrons. The van der Waals surface area contributed by atoms with Crippen molar-refractivity contribution in [2.45, 2.75) is 25.9 Å². The molecule has 4 heteroatoms. The SMILES string of the molecule is CC(N[C@@H](C)c1ccncc1)c1ccc(O)cc1O. The van der Waals surface area contributed by atoms with Crippen molar-refractivity contribution in [2.24, 2.45) is 0 Å². The summed E-state index contributed by atoms with van der Waals surface area (Å²) in [7, 11) is 0. The number of aromatic nitrogens is 1. The zero-order valence-electron chi connectivity index (χ0n) is 11.0. The van der Waals surface area contributed by atoms with Crippen LogP contribution in [-0.2, 0) is 0 Å². The van der Waals surface area contributed by atoms with Crippen molar-refractivity contribution in [3.63, 3.8) is 0 Å². The zero-order chi connectivity index (χ0) is 13.8. The Morgan fingerprint density at radius 1 is 1.00 bits per heavy atom. The van der Waals surface area contributed by atoms with Gasteiger partial charge >= 0.3 is 0 Å². The fourth-order valence-corrected chi connectivity index (χ4v) is 2.11. The molecule has 1 heterocycles. The third-order valence-electron chi connectivity index (χ3n) is 3.19. The molecule has 1 aromatic heterocycles. The smallest absolute Gasteiger partial charge is 0.124 e. The van der Waals surface area contributed by atoms with E-state index in [-0.39, 0.29) is 23.6 Å². The van der Waals surface area contributed by atoms with Gasteiger partial charge in [0.1, 0.15) is 11.5 Å². The number of phenolic OH excluding ortho intramolecular Hbond substituents is 2. The van der Waals surface area contributed by atoms with Gasteiger partial charge in [0.05, 0.1) is 0 Å². The normalized spacial score (nSPS) is 14.0. The van der Waals surface area contributed by atoms with Gasteiger partial charge in [-0.2, -0.15) is 0 Å². The molecule has 100 valence electrons. The van der Waals surface area contributed by atoms with Gasteiger partial charge in [-0.05, 0) is 37.6 Å². The van der Waals surface area contributed by atoms with Crippen molar-refractivity contribution in [1.29, 1.82) is 0 Å². The molecule has 0 bridgehead atoms. The van der Waals surface area contributed by atoms with Crippen molar-refractivity contribution >= 4 is 0 Å². The van der Waals surface area contributed by atoms with Crippen molar-refractivity contribution in [3.8, 4) is 11.5 Å². The number of benzene rings is 1. The number of nitrogens with zero attached hydrogens (tertiary/aromatic N) is 1. The first-order valence-electron chi connectivity index (χ1n) is 6.26. The van der Waals surface area contributed by atoms with Crippen LogP contribution in [0.25, 0.3) is 0 Å². The lowest BCUT2D eigenvalue weighted by atomic mass is 10.0. The van der Waals surface area contributed by atoms with E-state index in [1.165, 1.54) is 6.07 Å². The molecular weight excluding hydrogens is 240 g/mol. The molecule has 0 spiro atoms. The average molecular weight is 258 g/mol. The van der Waals surface area contributed by atoms with Crippen LogP contribution in [0.15, 0.2) is 42.7 Å². The summed E-state index contributed by atoms with van der Waals surface area (Å²) in [5.74, 6) is 0.164. The van der Waals surface area contributed by atoms with Gasteiger partial charge in [-0.1, -0.05) is 6.07 Å². The lowest BCUT2D eigenvalue weighted by molar-refractivity contribution is 0.427. The summed E-state index contributed by atoms with van der Waals surface area (Å²) in [6.45, 7) is 4.03. The van der Waals surface area contributed by atoms with Crippen molar-refractivity contribution in [3.05, 3.63) is 53.9 Å². The minimum absolute atomic E-state index is 0.0243. The van der Waals surface area contributed by atoms with E-state index >= 15 is 0 Å². The average Bonchev–Trinajstić information content (AvgIpc) is 2.39. The number of hydrogen-bond acceptors (Lipinski definition) is 4. The molecule has 1 unspecified atom stereocenters. The van der Waals surface area contributed by atoms with Gasteiger partial charge in [-0.15, -0.1) is 0 Å². The molecular formula is C15H18N2O2. The summed E-state index contributed by atoms with van der Waals surface area (Å²) in [6, 6.07) is 8.69. The summed E-state index contributed by atoms with van der Waals surface area (Å²) in [4.78, 5) is 3.99. The maximum atomic E-state index is 9.84. The third kappa shape index (κ3) is 3.23. The fourth-order valence-electron chi connectivity index (χ4n) is 2.11. The Hall–Kier alpha value is -2.07. The summed E-state index contributed by atoms with van der Waals surface area (Å²) in [5, 5.41) is 22.5. The van der Waals surface area contributed by atoms with E-state index in [9.17, 15) is 10.2 Å². The summed E-state index contributed by atoms with van der Waals surface area (Å²) in [5.41, 5.74) is 1.90. The summed E-state index contributed by atoms with van der Waals surface area (Å²) in [6.07, 6.45) is 3.52. The van der Waals surface area contributed by atoms with Crippen LogP contribution in [0.4, 0.5) is 0 Å². The van der Waals surface area contributed by atoms with E-state index < -0.39 is 0 Å². The van der Waals surface area contributed by atoms with Crippen LogP contribution in [-0.4, -0.2) is 15.2 Å². The molecule has 2 aromatic rings. The quantitative estimate of drug-likeness (QED) is 0.789. The van der Waals surface area contributed by atoms with Gasteiger partial charge in [0.2, 0.25) is 0 Å². The number of rotatable bonds is 4. The first-order chi connectivity index (χ1) is 9.08. The fraction of sp³-hybridized carbons (Fsp3) is 0.267. The standard InChI is InChI=1S/C15H18N2O2/c1-10(12-5-7-16-8-6-12)17-11(2)14-4-3-13(18)9-15(14)19/h3-11,17-19H,1-2H3/t10-,11?/m0/s1. The predicted octanol–water partition coefficient (Wildman–Crippen LogP) is 2.90. The number of phenols is 2. The molecule has 19 heavy (non-hydrogen) atoms. The molecule has 1 aromatic carbocycles. The number of nitrogens with one attached hydrogen (secondary N) is 1.